The number of nitrogens with two attached hydrogens (primary N) is 1. The van der Waals surface area contributed by atoms with E-state index >= 15 is 0 Å². The maximum Gasteiger partial charge on any atom is 0.264 e. The Hall–Kier alpha value is -2.72. The van der Waals surface area contributed by atoms with Crippen LogP contribution in [-0.4, -0.2) is 28.4 Å². The molecular weight excluding hydrogens is 384 g/mol. The number of nitrogens with one attached hydrogen (secondary N) is 1. The van der Waals surface area contributed by atoms with Gasteiger partial charge in [-0.25, -0.2) is 33.1 Å². The Bertz CT molecular complexity index is 1060. The Kier molecular flexibility index (Phi) is 5.29. The standard InChI is InChI=1S/C17H18N6O2S2/c1-10-8-11(2)21-17(20-10)26-15-9-12(3)19-16(22-15)23-27(24,25)14-6-4-13(18)5-7-14/h4-9H,18H2,1-3H3,(H,19,22,23). The summed E-state index contributed by atoms with van der Waals surface area (Å²) in [4.78, 5) is 17.2. The van der Waals surface area contributed by atoms with Crippen LogP contribution in [0.1, 0.15) is 17.1 Å². The molecule has 2 heterocycles. The third-order valence-corrected chi connectivity index (χ3v) is 5.53. The Morgan fingerprint density at radius 3 is 2.11 bits per heavy atom. The van der Waals surface area contributed by atoms with Crippen LogP contribution in [0.5, 0.6) is 0 Å². The molecular formula is C17H18N6O2S2. The number of nitrogen functional groups attached to an aromatic ring is 1. The number of hydrogen-bond acceptors (Lipinski definition) is 8. The van der Waals surface area contributed by atoms with Crippen molar-refractivity contribution < 1.29 is 8.42 Å². The van der Waals surface area contributed by atoms with E-state index in [0.29, 0.717) is 21.6 Å². The van der Waals surface area contributed by atoms with Gasteiger partial charge in [0.05, 0.1) is 4.90 Å². The highest BCUT2D eigenvalue weighted by molar-refractivity contribution is 7.99. The number of aromatic nitrogens is 4. The Morgan fingerprint density at radius 2 is 1.48 bits per heavy atom. The van der Waals surface area contributed by atoms with E-state index in [1.54, 1.807) is 13.0 Å². The number of nitrogens with zero attached hydrogens (tertiary/aromatic N) is 4. The molecule has 10 heteroatoms. The lowest BCUT2D eigenvalue weighted by Gasteiger charge is -2.09. The zero-order valence-corrected chi connectivity index (χ0v) is 16.6. The fourth-order valence-corrected chi connectivity index (χ4v) is 4.17. The van der Waals surface area contributed by atoms with E-state index in [2.05, 4.69) is 24.7 Å². The van der Waals surface area contributed by atoms with Crippen LogP contribution < -0.4 is 10.5 Å². The van der Waals surface area contributed by atoms with Gasteiger partial charge >= 0.3 is 0 Å². The van der Waals surface area contributed by atoms with E-state index in [-0.39, 0.29) is 10.8 Å². The molecule has 0 bridgehead atoms. The summed E-state index contributed by atoms with van der Waals surface area (Å²) in [5, 5.41) is 1.08. The molecule has 27 heavy (non-hydrogen) atoms. The van der Waals surface area contributed by atoms with E-state index < -0.39 is 10.0 Å². The lowest BCUT2D eigenvalue weighted by Crippen LogP contribution is -2.15. The minimum absolute atomic E-state index is 0.0151. The summed E-state index contributed by atoms with van der Waals surface area (Å²) in [6.07, 6.45) is 0. The van der Waals surface area contributed by atoms with Crippen molar-refractivity contribution in [3.05, 3.63) is 53.5 Å². The average Bonchev–Trinajstić information content (AvgIpc) is 2.53. The summed E-state index contributed by atoms with van der Waals surface area (Å²) >= 11 is 1.24. The average molecular weight is 403 g/mol. The zero-order chi connectivity index (χ0) is 19.6. The second kappa shape index (κ2) is 7.49. The summed E-state index contributed by atoms with van der Waals surface area (Å²) in [7, 11) is -3.82. The molecule has 0 fully saturated rings. The summed E-state index contributed by atoms with van der Waals surface area (Å²) < 4.78 is 27.4. The molecule has 2 aromatic heterocycles. The Balaban J connectivity index is 1.87. The van der Waals surface area contributed by atoms with Crippen LogP contribution in [0.25, 0.3) is 0 Å². The molecule has 0 amide bonds. The van der Waals surface area contributed by atoms with Crippen LogP contribution >= 0.6 is 11.8 Å². The molecule has 0 aliphatic carbocycles. The van der Waals surface area contributed by atoms with Crippen molar-refractivity contribution in [2.45, 2.75) is 35.8 Å². The van der Waals surface area contributed by atoms with Gasteiger partial charge in [0.25, 0.3) is 10.0 Å². The van der Waals surface area contributed by atoms with E-state index in [1.165, 1.54) is 36.0 Å². The number of aryl methyl sites for hydroxylation is 3. The van der Waals surface area contributed by atoms with Crippen LogP contribution in [0.4, 0.5) is 11.6 Å². The molecule has 8 nitrogen and oxygen atoms in total. The molecule has 0 aliphatic heterocycles. The topological polar surface area (TPSA) is 124 Å². The van der Waals surface area contributed by atoms with E-state index in [9.17, 15) is 8.42 Å². The van der Waals surface area contributed by atoms with Gasteiger partial charge in [-0.3, -0.25) is 0 Å². The monoisotopic (exact) mass is 402 g/mol. The highest BCUT2D eigenvalue weighted by Crippen LogP contribution is 2.25. The Labute approximate surface area is 161 Å². The largest absolute Gasteiger partial charge is 0.399 e. The van der Waals surface area contributed by atoms with Gasteiger partial charge in [-0.15, -0.1) is 0 Å². The quantitative estimate of drug-likeness (QED) is 0.379. The van der Waals surface area contributed by atoms with Crippen molar-refractivity contribution >= 4 is 33.4 Å². The minimum Gasteiger partial charge on any atom is -0.399 e. The van der Waals surface area contributed by atoms with Gasteiger partial charge in [0.2, 0.25) is 5.95 Å². The van der Waals surface area contributed by atoms with Crippen molar-refractivity contribution in [2.24, 2.45) is 0 Å². The van der Waals surface area contributed by atoms with Crippen molar-refractivity contribution in [2.75, 3.05) is 10.5 Å². The number of hydrogen-bond donors (Lipinski definition) is 2. The summed E-state index contributed by atoms with van der Waals surface area (Å²) in [5.74, 6) is -0.0151. The molecule has 0 saturated heterocycles. The first-order chi connectivity index (χ1) is 12.7. The van der Waals surface area contributed by atoms with Gasteiger partial charge in [0.15, 0.2) is 5.16 Å². The molecule has 1 aromatic carbocycles. The van der Waals surface area contributed by atoms with Gasteiger partial charge < -0.3 is 5.73 Å². The number of sulfonamides is 1. The maximum absolute atomic E-state index is 12.5. The van der Waals surface area contributed by atoms with Crippen LogP contribution in [-0.2, 0) is 10.0 Å². The molecule has 0 spiro atoms. The zero-order valence-electron chi connectivity index (χ0n) is 15.0. The molecule has 0 saturated carbocycles. The molecule has 3 rings (SSSR count). The smallest absolute Gasteiger partial charge is 0.264 e. The van der Waals surface area contributed by atoms with Crippen molar-refractivity contribution in [3.8, 4) is 0 Å². The third kappa shape index (κ3) is 4.92. The number of rotatable bonds is 5. The SMILES string of the molecule is Cc1cc(Sc2nc(C)cc(C)n2)nc(NS(=O)(=O)c2ccc(N)cc2)n1. The second-order valence-corrected chi connectivity index (χ2v) is 8.55. The first-order valence-electron chi connectivity index (χ1n) is 7.95. The van der Waals surface area contributed by atoms with Gasteiger partial charge in [-0.2, -0.15) is 0 Å². The fourth-order valence-electron chi connectivity index (χ4n) is 2.30. The number of anilines is 2. The molecule has 140 valence electrons. The van der Waals surface area contributed by atoms with Crippen molar-refractivity contribution in [1.29, 1.82) is 0 Å². The van der Waals surface area contributed by atoms with Gasteiger partial charge in [-0.1, -0.05) is 0 Å². The van der Waals surface area contributed by atoms with Crippen LogP contribution in [0, 0.1) is 20.8 Å². The summed E-state index contributed by atoms with van der Waals surface area (Å²) in [6, 6.07) is 9.50. The lowest BCUT2D eigenvalue weighted by atomic mass is 10.3. The van der Waals surface area contributed by atoms with Crippen molar-refractivity contribution in [3.63, 3.8) is 0 Å². The van der Waals surface area contributed by atoms with Crippen molar-refractivity contribution in [1.82, 2.24) is 19.9 Å². The van der Waals surface area contributed by atoms with E-state index in [0.717, 1.165) is 11.4 Å². The predicted octanol–water partition coefficient (Wildman–Crippen LogP) is 2.73. The first-order valence-corrected chi connectivity index (χ1v) is 10.3. The molecule has 0 unspecified atom stereocenters. The highest BCUT2D eigenvalue weighted by atomic mass is 32.2. The van der Waals surface area contributed by atoms with Crippen LogP contribution in [0.15, 0.2) is 51.5 Å². The first kappa shape index (κ1) is 19.1. The molecule has 3 N–H and O–H groups in total. The molecule has 0 atom stereocenters. The minimum atomic E-state index is -3.82. The van der Waals surface area contributed by atoms with Gasteiger partial charge in [-0.05, 0) is 68.9 Å². The summed E-state index contributed by atoms with van der Waals surface area (Å²) in [5.41, 5.74) is 8.39. The molecule has 0 radical (unpaired) electrons. The maximum atomic E-state index is 12.5. The van der Waals surface area contributed by atoms with Crippen LogP contribution in [0.2, 0.25) is 0 Å². The molecule has 0 aliphatic rings. The van der Waals surface area contributed by atoms with Crippen LogP contribution in [0.3, 0.4) is 0 Å². The fraction of sp³-hybridized carbons (Fsp3) is 0.176. The predicted molar refractivity (Wildman–Crippen MR) is 104 cm³/mol. The lowest BCUT2D eigenvalue weighted by molar-refractivity contribution is 0.600. The molecule has 3 aromatic rings. The van der Waals surface area contributed by atoms with Gasteiger partial charge in [0.1, 0.15) is 5.03 Å². The van der Waals surface area contributed by atoms with E-state index in [4.69, 9.17) is 5.73 Å². The van der Waals surface area contributed by atoms with E-state index in [1.807, 2.05) is 19.9 Å². The number of benzene rings is 1. The Morgan fingerprint density at radius 1 is 0.889 bits per heavy atom. The highest BCUT2D eigenvalue weighted by Gasteiger charge is 2.17. The second-order valence-electron chi connectivity index (χ2n) is 5.88. The summed E-state index contributed by atoms with van der Waals surface area (Å²) in [6.45, 7) is 5.53. The third-order valence-electron chi connectivity index (χ3n) is 3.40. The normalized spacial score (nSPS) is 11.4. The van der Waals surface area contributed by atoms with Gasteiger partial charge in [0, 0.05) is 22.8 Å².